The molecule has 0 atom stereocenters. The SMILES string of the molecule is [NH3+]CCOC(N(F)F)(N(F)F)N(F)F.[O-][Cl+3]([O-])([O-])[O-]. The fraction of sp³-hybridized carbons (Fsp3) is 1.00. The van der Waals surface area contributed by atoms with Gasteiger partial charge in [-0.2, -0.15) is 0 Å². The van der Waals surface area contributed by atoms with Gasteiger partial charge in [0.15, 0.2) is 0 Å². The van der Waals surface area contributed by atoms with E-state index in [1.807, 2.05) is 0 Å². The normalized spacial score (nSPS) is 12.9. The highest BCUT2D eigenvalue weighted by atomic mass is 35.7. The number of nitrogens with zero attached hydrogens (tertiary/aromatic N) is 3. The predicted octanol–water partition coefficient (Wildman–Crippen LogP) is -4.69. The molecular weight excluding hydrogens is 321 g/mol. The number of rotatable bonds is 6. The van der Waals surface area contributed by atoms with E-state index in [-0.39, 0.29) is 6.54 Å². The van der Waals surface area contributed by atoms with Crippen molar-refractivity contribution in [1.82, 2.24) is 16.0 Å². The molecule has 0 saturated carbocycles. The second-order valence-corrected chi connectivity index (χ2v) is 3.11. The Bertz CT molecular complexity index is 216. The van der Waals surface area contributed by atoms with E-state index in [2.05, 4.69) is 10.5 Å². The summed E-state index contributed by atoms with van der Waals surface area (Å²) < 4.78 is 109. The van der Waals surface area contributed by atoms with Crippen LogP contribution in [0.3, 0.4) is 0 Å². The summed E-state index contributed by atoms with van der Waals surface area (Å²) in [6.45, 7) is -1.02. The quantitative estimate of drug-likeness (QED) is 0.291. The molecule has 0 radical (unpaired) electrons. The second-order valence-electron chi connectivity index (χ2n) is 2.35. The molecule has 0 aliphatic carbocycles. The Hall–Kier alpha value is -0.490. The molecule has 0 aliphatic heterocycles. The third-order valence-electron chi connectivity index (χ3n) is 1.10. The second kappa shape index (κ2) is 8.64. The zero-order chi connectivity index (χ0) is 15.9. The van der Waals surface area contributed by atoms with Crippen molar-refractivity contribution in [3.8, 4) is 0 Å². The van der Waals surface area contributed by atoms with Gasteiger partial charge in [-0.1, -0.05) is 26.9 Å². The lowest BCUT2D eigenvalue weighted by atomic mass is 10.7. The summed E-state index contributed by atoms with van der Waals surface area (Å²) in [7, 11) is -4.94. The minimum atomic E-state index is -4.94. The van der Waals surface area contributed by atoms with E-state index in [1.54, 1.807) is 0 Å². The monoisotopic (exact) mass is 328 g/mol. The Morgan fingerprint density at radius 2 is 1.16 bits per heavy atom. The summed E-state index contributed by atoms with van der Waals surface area (Å²) in [6, 6.07) is 0. The summed E-state index contributed by atoms with van der Waals surface area (Å²) in [4.78, 5) is 0. The smallest absolute Gasteiger partial charge is 0.356 e. The third kappa shape index (κ3) is 8.31. The minimum absolute atomic E-state index is 0.225. The first-order valence-corrected chi connectivity index (χ1v) is 5.03. The van der Waals surface area contributed by atoms with Gasteiger partial charge in [0, 0.05) is 0 Å². The van der Waals surface area contributed by atoms with Gasteiger partial charge in [0.05, 0.1) is 22.6 Å². The van der Waals surface area contributed by atoms with Crippen molar-refractivity contribution < 1.29 is 66.2 Å². The molecule has 0 rings (SSSR count). The van der Waals surface area contributed by atoms with Crippen molar-refractivity contribution in [1.29, 1.82) is 0 Å². The summed E-state index contributed by atoms with van der Waals surface area (Å²) in [5.74, 6) is -4.49. The summed E-state index contributed by atoms with van der Waals surface area (Å²) in [6.07, 6.45) is 0. The number of hydrogen-bond donors (Lipinski definition) is 1. The molecule has 0 aromatic rings. The molecule has 0 unspecified atom stereocenters. The Balaban J connectivity index is 0. The highest BCUT2D eigenvalue weighted by Gasteiger charge is 2.58. The third-order valence-corrected chi connectivity index (χ3v) is 1.10. The van der Waals surface area contributed by atoms with E-state index in [4.69, 9.17) is 18.6 Å². The van der Waals surface area contributed by atoms with Crippen molar-refractivity contribution in [2.24, 2.45) is 0 Å². The van der Waals surface area contributed by atoms with Gasteiger partial charge in [0.1, 0.15) is 6.61 Å². The molecule has 0 aromatic heterocycles. The Kier molecular flexibility index (Phi) is 9.46. The van der Waals surface area contributed by atoms with Crippen LogP contribution in [0.2, 0.25) is 0 Å². The van der Waals surface area contributed by atoms with Crippen LogP contribution in [0.4, 0.5) is 26.9 Å². The number of hydrogen-bond acceptors (Lipinski definition) is 8. The number of quaternary nitrogens is 1. The first-order valence-electron chi connectivity index (χ1n) is 3.80. The molecule has 19 heavy (non-hydrogen) atoms. The van der Waals surface area contributed by atoms with E-state index in [0.29, 0.717) is 0 Å². The zero-order valence-corrected chi connectivity index (χ0v) is 9.41. The molecule has 0 amide bonds. The van der Waals surface area contributed by atoms with E-state index < -0.39 is 38.9 Å². The predicted molar refractivity (Wildman–Crippen MR) is 28.6 cm³/mol. The summed E-state index contributed by atoms with van der Waals surface area (Å²) in [5.41, 5.74) is 3.05. The fourth-order valence-corrected chi connectivity index (χ4v) is 0.527. The van der Waals surface area contributed by atoms with Crippen molar-refractivity contribution in [3.05, 3.63) is 0 Å². The number of halogens is 7. The maximum atomic E-state index is 11.8. The van der Waals surface area contributed by atoms with Crippen LogP contribution in [-0.2, 0) is 4.74 Å². The van der Waals surface area contributed by atoms with Gasteiger partial charge in [-0.05, 0) is 0 Å². The lowest BCUT2D eigenvalue weighted by Gasteiger charge is -2.30. The van der Waals surface area contributed by atoms with Crippen LogP contribution in [0.25, 0.3) is 0 Å². The topological polar surface area (TPSA) is 139 Å². The molecule has 3 N–H and O–H groups in total. The van der Waals surface area contributed by atoms with Gasteiger partial charge >= 0.3 is 5.97 Å². The molecule has 9 nitrogen and oxygen atoms in total. The highest BCUT2D eigenvalue weighted by Crippen LogP contribution is 2.29. The fourth-order valence-electron chi connectivity index (χ4n) is 0.527. The van der Waals surface area contributed by atoms with E-state index >= 15 is 0 Å². The molecule has 118 valence electrons. The first-order chi connectivity index (χ1) is 8.39. The van der Waals surface area contributed by atoms with Crippen molar-refractivity contribution >= 4 is 0 Å². The highest BCUT2D eigenvalue weighted by molar-refractivity contribution is 4.54. The molecule has 0 heterocycles. The van der Waals surface area contributed by atoms with Crippen LogP contribution in [0, 0.1) is 10.2 Å². The van der Waals surface area contributed by atoms with Gasteiger partial charge < -0.3 is 10.5 Å². The average Bonchev–Trinajstić information content (AvgIpc) is 2.14. The zero-order valence-electron chi connectivity index (χ0n) is 8.65. The molecular formula is C3H7ClF6N4O5. The van der Waals surface area contributed by atoms with E-state index in [9.17, 15) is 26.9 Å². The Morgan fingerprint density at radius 3 is 1.32 bits per heavy atom. The van der Waals surface area contributed by atoms with Gasteiger partial charge in [0.2, 0.25) is 0 Å². The van der Waals surface area contributed by atoms with Gasteiger partial charge in [0.25, 0.3) is 0 Å². The minimum Gasteiger partial charge on any atom is -0.356 e. The maximum absolute atomic E-state index is 11.8. The first kappa shape index (κ1) is 20.8. The number of ether oxygens (including phenoxy) is 1. The maximum Gasteiger partial charge on any atom is 0.410 e. The molecule has 0 fully saturated rings. The van der Waals surface area contributed by atoms with Crippen LogP contribution in [-0.4, -0.2) is 35.2 Å². The average molecular weight is 329 g/mol. The standard InChI is InChI=1S/C3H6F6N4O.ClHO4/c4-11(5)3(12(6)7,13(8)9)14-2-1-10;2-1(3,4)5/h1-2,10H2;(H,2,3,4,5). The van der Waals surface area contributed by atoms with Crippen LogP contribution < -0.4 is 24.4 Å². The van der Waals surface area contributed by atoms with Crippen molar-refractivity contribution in [2.45, 2.75) is 5.97 Å². The molecule has 0 saturated heterocycles. The lowest BCUT2D eigenvalue weighted by Crippen LogP contribution is -2.68. The Morgan fingerprint density at radius 1 is 0.895 bits per heavy atom. The van der Waals surface area contributed by atoms with Crippen molar-refractivity contribution in [3.63, 3.8) is 0 Å². The van der Waals surface area contributed by atoms with E-state index in [0.717, 1.165) is 0 Å². The van der Waals surface area contributed by atoms with Gasteiger partial charge in [-0.3, -0.25) is 0 Å². The van der Waals surface area contributed by atoms with Crippen LogP contribution in [0.1, 0.15) is 0 Å². The van der Waals surface area contributed by atoms with Crippen LogP contribution in [0.15, 0.2) is 0 Å². The van der Waals surface area contributed by atoms with Crippen molar-refractivity contribution in [2.75, 3.05) is 13.2 Å². The molecule has 16 heteroatoms. The van der Waals surface area contributed by atoms with Gasteiger partial charge in [-0.15, -0.1) is 10.2 Å². The largest absolute Gasteiger partial charge is 0.410 e. The summed E-state index contributed by atoms with van der Waals surface area (Å²) >= 11 is 0. The lowest BCUT2D eigenvalue weighted by molar-refractivity contribution is -2.00. The molecule has 0 aromatic carbocycles. The molecule has 0 bridgehead atoms. The summed E-state index contributed by atoms with van der Waals surface area (Å²) in [5, 5.41) is -7.37. The van der Waals surface area contributed by atoms with Gasteiger partial charge in [-0.25, -0.2) is 18.6 Å². The molecule has 0 aliphatic rings. The Labute approximate surface area is 102 Å². The van der Waals surface area contributed by atoms with Crippen LogP contribution >= 0.6 is 0 Å². The van der Waals surface area contributed by atoms with E-state index in [1.165, 1.54) is 0 Å². The van der Waals surface area contributed by atoms with Crippen LogP contribution in [0.5, 0.6) is 0 Å². The molecule has 0 spiro atoms.